The molecule has 1 atom stereocenters. The zero-order chi connectivity index (χ0) is 20.4. The molecule has 0 radical (unpaired) electrons. The van der Waals surface area contributed by atoms with E-state index in [0.29, 0.717) is 13.0 Å². The number of hydrogen-bond acceptors (Lipinski definition) is 6. The first-order valence-corrected chi connectivity index (χ1v) is 12.0. The topological polar surface area (TPSA) is 99.2 Å². The number of amides is 2. The normalized spacial score (nSPS) is 23.9. The number of benzene rings is 1. The fraction of sp³-hybridized carbons (Fsp3) is 0.550. The van der Waals surface area contributed by atoms with Crippen molar-refractivity contribution in [3.63, 3.8) is 0 Å². The van der Waals surface area contributed by atoms with Crippen LogP contribution in [-0.4, -0.2) is 61.6 Å². The fourth-order valence-electron chi connectivity index (χ4n) is 4.19. The van der Waals surface area contributed by atoms with Gasteiger partial charge in [-0.2, -0.15) is 5.10 Å². The Kier molecular flexibility index (Phi) is 5.58. The standard InChI is InChI=1S/C20H26N4O4S/c25-19-8-7-17(22-24(19)16-9-12-29(27,28)14-16)20(26)21-13-15-5-1-2-6-18(15)23-10-3-4-11-23/h1-2,5-6,16H,3-4,7-14H2,(H,21,26). The maximum Gasteiger partial charge on any atom is 0.267 e. The average molecular weight is 419 g/mol. The molecule has 2 saturated heterocycles. The van der Waals surface area contributed by atoms with E-state index in [2.05, 4.69) is 21.4 Å². The monoisotopic (exact) mass is 418 g/mol. The summed E-state index contributed by atoms with van der Waals surface area (Å²) in [6.45, 7) is 2.44. The number of carbonyl (C=O) groups excluding carboxylic acids is 2. The van der Waals surface area contributed by atoms with E-state index in [1.807, 2.05) is 18.2 Å². The zero-order valence-corrected chi connectivity index (χ0v) is 17.2. The van der Waals surface area contributed by atoms with Crippen molar-refractivity contribution in [1.82, 2.24) is 10.3 Å². The van der Waals surface area contributed by atoms with Gasteiger partial charge in [-0.05, 0) is 30.9 Å². The van der Waals surface area contributed by atoms with Crippen LogP contribution >= 0.6 is 0 Å². The Morgan fingerprint density at radius 3 is 2.66 bits per heavy atom. The number of hydrogen-bond donors (Lipinski definition) is 1. The summed E-state index contributed by atoms with van der Waals surface area (Å²) >= 11 is 0. The van der Waals surface area contributed by atoms with Crippen LogP contribution in [0.1, 0.15) is 37.7 Å². The van der Waals surface area contributed by atoms with Gasteiger partial charge in [0.05, 0.1) is 17.5 Å². The van der Waals surface area contributed by atoms with E-state index in [-0.39, 0.29) is 41.9 Å². The second kappa shape index (κ2) is 8.14. The van der Waals surface area contributed by atoms with Crippen LogP contribution in [0, 0.1) is 0 Å². The van der Waals surface area contributed by atoms with Crippen LogP contribution in [0.4, 0.5) is 5.69 Å². The highest BCUT2D eigenvalue weighted by Crippen LogP contribution is 2.25. The van der Waals surface area contributed by atoms with Gasteiger partial charge in [0.2, 0.25) is 5.91 Å². The van der Waals surface area contributed by atoms with Crippen molar-refractivity contribution in [2.24, 2.45) is 5.10 Å². The Hall–Kier alpha value is -2.42. The van der Waals surface area contributed by atoms with Crippen LogP contribution in [0.15, 0.2) is 29.4 Å². The Labute approximate surface area is 170 Å². The predicted octanol–water partition coefficient (Wildman–Crippen LogP) is 1.07. The highest BCUT2D eigenvalue weighted by molar-refractivity contribution is 7.91. The van der Waals surface area contributed by atoms with Crippen molar-refractivity contribution in [2.45, 2.75) is 44.7 Å². The summed E-state index contributed by atoms with van der Waals surface area (Å²) in [5, 5.41) is 8.38. The first kappa shape index (κ1) is 19.9. The molecule has 3 aliphatic rings. The number of nitrogens with zero attached hydrogens (tertiary/aromatic N) is 3. The summed E-state index contributed by atoms with van der Waals surface area (Å²) in [4.78, 5) is 27.2. The Bertz CT molecular complexity index is 938. The van der Waals surface area contributed by atoms with Gasteiger partial charge in [0.1, 0.15) is 5.71 Å². The average Bonchev–Trinajstić information content (AvgIpc) is 3.36. The molecule has 1 aromatic carbocycles. The summed E-state index contributed by atoms with van der Waals surface area (Å²) in [7, 11) is -3.13. The summed E-state index contributed by atoms with van der Waals surface area (Å²) in [5.41, 5.74) is 2.48. The molecule has 4 rings (SSSR count). The number of sulfone groups is 1. The largest absolute Gasteiger partial charge is 0.371 e. The molecule has 2 amide bonds. The predicted molar refractivity (Wildman–Crippen MR) is 110 cm³/mol. The molecule has 1 unspecified atom stereocenters. The van der Waals surface area contributed by atoms with Crippen molar-refractivity contribution in [3.05, 3.63) is 29.8 Å². The summed E-state index contributed by atoms with van der Waals surface area (Å²) in [6.07, 6.45) is 3.17. The quantitative estimate of drug-likeness (QED) is 0.771. The summed E-state index contributed by atoms with van der Waals surface area (Å²) < 4.78 is 23.5. The maximum atomic E-state index is 12.7. The van der Waals surface area contributed by atoms with Crippen molar-refractivity contribution >= 4 is 33.1 Å². The van der Waals surface area contributed by atoms with E-state index >= 15 is 0 Å². The number of anilines is 1. The van der Waals surface area contributed by atoms with Gasteiger partial charge in [0.25, 0.3) is 5.91 Å². The SMILES string of the molecule is O=C(NCc1ccccc1N1CCCC1)C1=NN(C2CCS(=O)(=O)C2)C(=O)CC1. The molecule has 0 bridgehead atoms. The smallest absolute Gasteiger partial charge is 0.267 e. The van der Waals surface area contributed by atoms with Gasteiger partial charge in [-0.15, -0.1) is 0 Å². The second-order valence-corrected chi connectivity index (χ2v) is 10.1. The lowest BCUT2D eigenvalue weighted by atomic mass is 10.1. The molecule has 2 fully saturated rings. The van der Waals surface area contributed by atoms with Gasteiger partial charge in [-0.1, -0.05) is 18.2 Å². The Morgan fingerprint density at radius 2 is 1.93 bits per heavy atom. The molecule has 0 aliphatic carbocycles. The molecule has 0 spiro atoms. The molecular formula is C20H26N4O4S. The number of rotatable bonds is 5. The van der Waals surface area contributed by atoms with E-state index in [4.69, 9.17) is 0 Å². The minimum atomic E-state index is -3.13. The molecule has 3 heterocycles. The third-order valence-corrected chi connectivity index (χ3v) is 7.50. The van der Waals surface area contributed by atoms with E-state index in [1.165, 1.54) is 17.9 Å². The van der Waals surface area contributed by atoms with Gasteiger partial charge in [0.15, 0.2) is 9.84 Å². The van der Waals surface area contributed by atoms with Crippen LogP contribution in [0.3, 0.4) is 0 Å². The summed E-state index contributed by atoms with van der Waals surface area (Å²) in [5.74, 6) is -0.547. The lowest BCUT2D eigenvalue weighted by Crippen LogP contribution is -2.43. The van der Waals surface area contributed by atoms with Crippen molar-refractivity contribution in [2.75, 3.05) is 29.5 Å². The first-order valence-electron chi connectivity index (χ1n) is 10.1. The molecule has 0 saturated carbocycles. The molecule has 3 aliphatic heterocycles. The fourth-order valence-corrected chi connectivity index (χ4v) is 5.88. The number of para-hydroxylation sites is 1. The first-order chi connectivity index (χ1) is 13.9. The Morgan fingerprint density at radius 1 is 1.17 bits per heavy atom. The van der Waals surface area contributed by atoms with Crippen LogP contribution in [0.5, 0.6) is 0 Å². The van der Waals surface area contributed by atoms with Crippen molar-refractivity contribution in [3.8, 4) is 0 Å². The molecule has 1 aromatic rings. The lowest BCUT2D eigenvalue weighted by molar-refractivity contribution is -0.133. The molecule has 8 nitrogen and oxygen atoms in total. The van der Waals surface area contributed by atoms with E-state index in [0.717, 1.165) is 24.3 Å². The van der Waals surface area contributed by atoms with Gasteiger partial charge < -0.3 is 10.2 Å². The molecule has 156 valence electrons. The number of hydrazone groups is 1. The molecule has 1 N–H and O–H groups in total. The molecule has 9 heteroatoms. The Balaban J connectivity index is 1.43. The van der Waals surface area contributed by atoms with Gasteiger partial charge >= 0.3 is 0 Å². The highest BCUT2D eigenvalue weighted by Gasteiger charge is 2.37. The second-order valence-electron chi connectivity index (χ2n) is 7.85. The van der Waals surface area contributed by atoms with Gasteiger partial charge in [-0.25, -0.2) is 13.4 Å². The highest BCUT2D eigenvalue weighted by atomic mass is 32.2. The third-order valence-electron chi connectivity index (χ3n) is 5.75. The minimum absolute atomic E-state index is 0.0613. The lowest BCUT2D eigenvalue weighted by Gasteiger charge is -2.27. The van der Waals surface area contributed by atoms with Crippen LogP contribution < -0.4 is 10.2 Å². The van der Waals surface area contributed by atoms with Crippen LogP contribution in [0.2, 0.25) is 0 Å². The van der Waals surface area contributed by atoms with E-state index in [1.54, 1.807) is 0 Å². The minimum Gasteiger partial charge on any atom is -0.371 e. The van der Waals surface area contributed by atoms with Crippen LogP contribution in [0.25, 0.3) is 0 Å². The third kappa shape index (κ3) is 4.44. The molecular weight excluding hydrogens is 392 g/mol. The van der Waals surface area contributed by atoms with E-state index in [9.17, 15) is 18.0 Å². The van der Waals surface area contributed by atoms with Crippen molar-refractivity contribution < 1.29 is 18.0 Å². The van der Waals surface area contributed by atoms with Crippen molar-refractivity contribution in [1.29, 1.82) is 0 Å². The maximum absolute atomic E-state index is 12.7. The van der Waals surface area contributed by atoms with Gasteiger partial charge in [0, 0.05) is 38.2 Å². The molecule has 0 aromatic heterocycles. The zero-order valence-electron chi connectivity index (χ0n) is 16.3. The van der Waals surface area contributed by atoms with Gasteiger partial charge in [-0.3, -0.25) is 9.59 Å². The summed E-state index contributed by atoms with van der Waals surface area (Å²) in [6, 6.07) is 7.58. The van der Waals surface area contributed by atoms with Crippen LogP contribution in [-0.2, 0) is 26.0 Å². The molecule has 29 heavy (non-hydrogen) atoms. The number of carbonyl (C=O) groups is 2. The number of nitrogens with one attached hydrogen (secondary N) is 1. The van der Waals surface area contributed by atoms with E-state index < -0.39 is 15.9 Å².